The molecule has 4 rings (SSSR count). The molecule has 0 spiro atoms. The lowest BCUT2D eigenvalue weighted by molar-refractivity contribution is -0.130. The lowest BCUT2D eigenvalue weighted by atomic mass is 10.1. The van der Waals surface area contributed by atoms with Crippen LogP contribution in [0.25, 0.3) is 0 Å². The highest BCUT2D eigenvalue weighted by Gasteiger charge is 2.35. The van der Waals surface area contributed by atoms with Crippen LogP contribution in [-0.2, 0) is 4.79 Å². The van der Waals surface area contributed by atoms with Gasteiger partial charge in [-0.05, 0) is 30.5 Å². The van der Waals surface area contributed by atoms with E-state index in [9.17, 15) is 4.79 Å². The normalized spacial score (nSPS) is 16.9. The summed E-state index contributed by atoms with van der Waals surface area (Å²) in [7, 11) is 0. The fourth-order valence-corrected chi connectivity index (χ4v) is 4.85. The highest BCUT2D eigenvalue weighted by atomic mass is 32.2. The molecule has 1 amide bonds. The Kier molecular flexibility index (Phi) is 5.14. The van der Waals surface area contributed by atoms with Crippen molar-refractivity contribution >= 4 is 46.5 Å². The fourth-order valence-electron chi connectivity index (χ4n) is 2.56. The van der Waals surface area contributed by atoms with Gasteiger partial charge in [-0.3, -0.25) is 4.79 Å². The van der Waals surface area contributed by atoms with Gasteiger partial charge in [-0.25, -0.2) is 5.01 Å². The first-order chi connectivity index (χ1) is 12.7. The Bertz CT molecular complexity index is 905. The maximum atomic E-state index is 12.8. The van der Waals surface area contributed by atoms with Crippen LogP contribution in [0.15, 0.2) is 59.4 Å². The van der Waals surface area contributed by atoms with Gasteiger partial charge in [-0.2, -0.15) is 5.10 Å². The molecule has 1 aliphatic rings. The van der Waals surface area contributed by atoms with Gasteiger partial charge in [-0.15, -0.1) is 10.2 Å². The molecule has 0 aromatic carbocycles. The maximum Gasteiger partial charge on any atom is 0.253 e. The zero-order chi connectivity index (χ0) is 17.9. The number of hydrogen-bond acceptors (Lipinski definition) is 9. The van der Waals surface area contributed by atoms with E-state index in [4.69, 9.17) is 8.83 Å². The van der Waals surface area contributed by atoms with Gasteiger partial charge in [-0.1, -0.05) is 34.9 Å². The van der Waals surface area contributed by atoms with E-state index < -0.39 is 0 Å². The average molecular weight is 407 g/mol. The van der Waals surface area contributed by atoms with Crippen molar-refractivity contribution < 1.29 is 13.6 Å². The maximum absolute atomic E-state index is 12.8. The predicted molar refractivity (Wildman–Crippen MR) is 101 cm³/mol. The number of furan rings is 2. The first-order valence-electron chi connectivity index (χ1n) is 7.71. The molecular formula is C16H14N4O3S3. The van der Waals surface area contributed by atoms with Crippen LogP contribution in [-0.4, -0.2) is 38.8 Å². The second-order valence-corrected chi connectivity index (χ2v) is 8.58. The summed E-state index contributed by atoms with van der Waals surface area (Å²) < 4.78 is 12.6. The molecule has 134 valence electrons. The zero-order valence-corrected chi connectivity index (χ0v) is 16.1. The highest BCUT2D eigenvalue weighted by Crippen LogP contribution is 2.34. The molecule has 7 nitrogen and oxygen atoms in total. The molecule has 0 saturated carbocycles. The summed E-state index contributed by atoms with van der Waals surface area (Å²) in [4.78, 5) is 12.8. The third-order valence-corrected chi connectivity index (χ3v) is 6.74. The number of rotatable bonds is 6. The molecule has 4 heterocycles. The van der Waals surface area contributed by atoms with Crippen LogP contribution >= 0.6 is 34.9 Å². The van der Waals surface area contributed by atoms with Crippen LogP contribution in [0.5, 0.6) is 0 Å². The number of thioether (sulfide) groups is 2. The van der Waals surface area contributed by atoms with E-state index in [1.54, 1.807) is 18.6 Å². The number of hydrazone groups is 1. The van der Waals surface area contributed by atoms with Gasteiger partial charge in [0.15, 0.2) is 8.68 Å². The van der Waals surface area contributed by atoms with Crippen LogP contribution in [0.2, 0.25) is 0 Å². The fraction of sp³-hybridized carbons (Fsp3) is 0.250. The molecule has 0 fully saturated rings. The molecule has 26 heavy (non-hydrogen) atoms. The summed E-state index contributed by atoms with van der Waals surface area (Å²) in [6.07, 6.45) is 5.69. The summed E-state index contributed by atoms with van der Waals surface area (Å²) in [5.41, 5.74) is 0.732. The molecule has 0 aliphatic carbocycles. The van der Waals surface area contributed by atoms with Crippen LogP contribution < -0.4 is 0 Å². The minimum Gasteiger partial charge on any atom is -0.467 e. The minimum absolute atomic E-state index is 0.112. The van der Waals surface area contributed by atoms with Crippen molar-refractivity contribution in [1.82, 2.24) is 15.2 Å². The lowest BCUT2D eigenvalue weighted by Gasteiger charge is -2.19. The zero-order valence-electron chi connectivity index (χ0n) is 13.7. The topological polar surface area (TPSA) is 84.7 Å². The number of aromatic nitrogens is 2. The van der Waals surface area contributed by atoms with E-state index >= 15 is 0 Å². The smallest absolute Gasteiger partial charge is 0.253 e. The molecule has 0 radical (unpaired) electrons. The van der Waals surface area contributed by atoms with E-state index in [0.717, 1.165) is 14.4 Å². The average Bonchev–Trinajstić information content (AvgIpc) is 3.45. The van der Waals surface area contributed by atoms with E-state index in [1.807, 2.05) is 24.5 Å². The van der Waals surface area contributed by atoms with Gasteiger partial charge in [0, 0.05) is 6.42 Å². The molecule has 3 aromatic heterocycles. The van der Waals surface area contributed by atoms with Crippen LogP contribution in [0.3, 0.4) is 0 Å². The Morgan fingerprint density at radius 2 is 2.08 bits per heavy atom. The summed E-state index contributed by atoms with van der Waals surface area (Å²) >= 11 is 4.38. The molecule has 10 heteroatoms. The second-order valence-electron chi connectivity index (χ2n) is 5.32. The number of amides is 1. The summed E-state index contributed by atoms with van der Waals surface area (Å²) in [5, 5.41) is 14.1. The summed E-state index contributed by atoms with van der Waals surface area (Å²) in [6, 6.07) is 7.04. The number of hydrogen-bond donors (Lipinski definition) is 0. The molecule has 0 bridgehead atoms. The lowest BCUT2D eigenvalue weighted by Crippen LogP contribution is -2.28. The van der Waals surface area contributed by atoms with Crippen LogP contribution in [0.1, 0.15) is 24.0 Å². The van der Waals surface area contributed by atoms with Crippen LogP contribution in [0.4, 0.5) is 0 Å². The molecule has 1 unspecified atom stereocenters. The number of carbonyl (C=O) groups excluding carboxylic acids is 1. The van der Waals surface area contributed by atoms with Crippen LogP contribution in [0, 0.1) is 0 Å². The van der Waals surface area contributed by atoms with Gasteiger partial charge >= 0.3 is 0 Å². The first-order valence-corrected chi connectivity index (χ1v) is 10.7. The van der Waals surface area contributed by atoms with Gasteiger partial charge in [0.1, 0.15) is 23.3 Å². The van der Waals surface area contributed by atoms with Crippen molar-refractivity contribution in [3.63, 3.8) is 0 Å². The number of carbonyl (C=O) groups is 1. The molecule has 1 atom stereocenters. The predicted octanol–water partition coefficient (Wildman–Crippen LogP) is 3.92. The Morgan fingerprint density at radius 3 is 2.77 bits per heavy atom. The Labute approximate surface area is 161 Å². The quantitative estimate of drug-likeness (QED) is 0.574. The Hall–Kier alpha value is -2.04. The summed E-state index contributed by atoms with van der Waals surface area (Å²) in [5.74, 6) is 1.49. The van der Waals surface area contributed by atoms with Crippen molar-refractivity contribution in [2.24, 2.45) is 5.10 Å². The highest BCUT2D eigenvalue weighted by molar-refractivity contribution is 8.03. The Morgan fingerprint density at radius 1 is 1.27 bits per heavy atom. The van der Waals surface area contributed by atoms with Crippen molar-refractivity contribution in [2.75, 3.05) is 12.0 Å². The van der Waals surface area contributed by atoms with E-state index in [2.05, 4.69) is 15.3 Å². The van der Waals surface area contributed by atoms with Crippen molar-refractivity contribution in [2.45, 2.75) is 21.1 Å². The van der Waals surface area contributed by atoms with E-state index in [0.29, 0.717) is 17.9 Å². The monoisotopic (exact) mass is 406 g/mol. The van der Waals surface area contributed by atoms with Crippen molar-refractivity contribution in [1.29, 1.82) is 0 Å². The third-order valence-electron chi connectivity index (χ3n) is 3.72. The number of nitrogens with zero attached hydrogens (tertiary/aromatic N) is 4. The second kappa shape index (κ2) is 7.68. The van der Waals surface area contributed by atoms with Crippen molar-refractivity contribution in [3.05, 3.63) is 48.3 Å². The molecule has 1 aliphatic heterocycles. The van der Waals surface area contributed by atoms with E-state index in [-0.39, 0.29) is 17.7 Å². The van der Waals surface area contributed by atoms with Gasteiger partial charge < -0.3 is 8.83 Å². The van der Waals surface area contributed by atoms with E-state index in [1.165, 1.54) is 39.9 Å². The molecule has 0 saturated heterocycles. The molecule has 0 N–H and O–H groups in total. The van der Waals surface area contributed by atoms with Gasteiger partial charge in [0.25, 0.3) is 5.91 Å². The van der Waals surface area contributed by atoms with Gasteiger partial charge in [0.2, 0.25) is 0 Å². The van der Waals surface area contributed by atoms with Gasteiger partial charge in [0.05, 0.1) is 18.3 Å². The Balaban J connectivity index is 1.51. The molecule has 3 aromatic rings. The standard InChI is InChI=1S/C16H14N4O3S3/c1-24-15-17-18-16(26-15)25-9-14(21)20-11(13-5-3-7-23-13)8-10(19-20)12-4-2-6-22-12/h2-7,11H,8-9H2,1H3. The largest absolute Gasteiger partial charge is 0.467 e. The summed E-state index contributed by atoms with van der Waals surface area (Å²) in [6.45, 7) is 0. The first kappa shape index (κ1) is 17.4. The molecular weight excluding hydrogens is 392 g/mol. The SMILES string of the molecule is CSc1nnc(SCC(=O)N2N=C(c3ccco3)CC2c2ccco2)s1. The minimum atomic E-state index is -0.269. The third kappa shape index (κ3) is 3.57. The van der Waals surface area contributed by atoms with Crippen molar-refractivity contribution in [3.8, 4) is 0 Å².